The highest BCUT2D eigenvalue weighted by atomic mass is 16.4. The topological polar surface area (TPSA) is 263 Å². The summed E-state index contributed by atoms with van der Waals surface area (Å²) < 4.78 is 0. The number of nitrogens with one attached hydrogen (secondary N) is 3. The van der Waals surface area contributed by atoms with Gasteiger partial charge in [0.25, 0.3) is 0 Å². The molecule has 0 heterocycles. The lowest BCUT2D eigenvalue weighted by Crippen LogP contribution is -2.57. The van der Waals surface area contributed by atoms with Gasteiger partial charge in [0.15, 0.2) is 0 Å². The van der Waals surface area contributed by atoms with Crippen molar-refractivity contribution in [2.24, 2.45) is 5.73 Å². The molecule has 0 aromatic heterocycles. The molecule has 0 spiro atoms. The molecule has 32 heavy (non-hydrogen) atoms. The van der Waals surface area contributed by atoms with E-state index in [0.29, 0.717) is 0 Å². The largest absolute Gasteiger partial charge is 0.481 e. The minimum Gasteiger partial charge on any atom is -0.481 e. The third kappa shape index (κ3) is 11.4. The number of carbonyl (C=O) groups excluding carboxylic acids is 3. The third-order valence-electron chi connectivity index (χ3n) is 4.03. The predicted octanol–water partition coefficient (Wildman–Crippen LogP) is -2.92. The van der Waals surface area contributed by atoms with Crippen molar-refractivity contribution in [1.29, 1.82) is 0 Å². The van der Waals surface area contributed by atoms with Crippen molar-refractivity contribution in [2.75, 3.05) is 0 Å². The minimum atomic E-state index is -1.73. The van der Waals surface area contributed by atoms with Gasteiger partial charge in [-0.1, -0.05) is 0 Å². The first-order valence-electron chi connectivity index (χ1n) is 9.29. The zero-order chi connectivity index (χ0) is 25.0. The van der Waals surface area contributed by atoms with Crippen LogP contribution in [-0.4, -0.2) is 86.2 Å². The molecule has 180 valence electrons. The second-order valence-electron chi connectivity index (χ2n) is 6.76. The number of rotatable bonds is 15. The van der Waals surface area contributed by atoms with Crippen LogP contribution in [0.5, 0.6) is 0 Å². The van der Waals surface area contributed by atoms with Crippen molar-refractivity contribution in [3.8, 4) is 0 Å². The van der Waals surface area contributed by atoms with E-state index < -0.39 is 91.4 Å². The Morgan fingerprint density at radius 2 is 1.16 bits per heavy atom. The number of carboxylic acid groups (broad SMARTS) is 4. The molecule has 4 atom stereocenters. The molecule has 0 radical (unpaired) electrons. The summed E-state index contributed by atoms with van der Waals surface area (Å²) in [6.07, 6.45) is -2.68. The van der Waals surface area contributed by atoms with Crippen molar-refractivity contribution in [2.45, 2.75) is 63.2 Å². The smallest absolute Gasteiger partial charge is 0.325 e. The molecule has 0 aliphatic rings. The van der Waals surface area contributed by atoms with Crippen LogP contribution < -0.4 is 21.7 Å². The fraction of sp³-hybridized carbons (Fsp3) is 0.588. The van der Waals surface area contributed by atoms with E-state index in [0.717, 1.165) is 6.92 Å². The van der Waals surface area contributed by atoms with Gasteiger partial charge in [0.2, 0.25) is 17.7 Å². The van der Waals surface area contributed by atoms with E-state index in [1.165, 1.54) is 0 Å². The molecule has 0 bridgehead atoms. The second kappa shape index (κ2) is 13.5. The normalized spacial score (nSPS) is 14.2. The first kappa shape index (κ1) is 28.2. The fourth-order valence-corrected chi connectivity index (χ4v) is 2.26. The van der Waals surface area contributed by atoms with Gasteiger partial charge >= 0.3 is 23.9 Å². The lowest BCUT2D eigenvalue weighted by molar-refractivity contribution is -0.143. The maximum Gasteiger partial charge on any atom is 0.325 e. The average Bonchev–Trinajstić information content (AvgIpc) is 2.67. The fourth-order valence-electron chi connectivity index (χ4n) is 2.26. The maximum atomic E-state index is 12.6. The van der Waals surface area contributed by atoms with Crippen LogP contribution in [0.1, 0.15) is 39.0 Å². The molecule has 15 nitrogen and oxygen atoms in total. The van der Waals surface area contributed by atoms with E-state index >= 15 is 0 Å². The van der Waals surface area contributed by atoms with Crippen LogP contribution in [0.3, 0.4) is 0 Å². The molecule has 0 aliphatic carbocycles. The van der Waals surface area contributed by atoms with E-state index in [1.807, 2.05) is 10.6 Å². The highest BCUT2D eigenvalue weighted by Crippen LogP contribution is 2.04. The highest BCUT2D eigenvalue weighted by molar-refractivity contribution is 5.95. The molecule has 0 saturated carbocycles. The Morgan fingerprint density at radius 1 is 0.688 bits per heavy atom. The van der Waals surface area contributed by atoms with Gasteiger partial charge in [-0.15, -0.1) is 0 Å². The molecule has 0 aromatic carbocycles. The van der Waals surface area contributed by atoms with Crippen LogP contribution in [0, 0.1) is 0 Å². The molecular formula is C17H26N4O11. The number of carboxylic acids is 4. The molecule has 15 heteroatoms. The monoisotopic (exact) mass is 462 g/mol. The van der Waals surface area contributed by atoms with E-state index in [4.69, 9.17) is 26.2 Å². The van der Waals surface area contributed by atoms with Crippen molar-refractivity contribution in [3.05, 3.63) is 0 Å². The van der Waals surface area contributed by atoms with Gasteiger partial charge in [0.05, 0.1) is 12.5 Å². The Labute approximate surface area is 181 Å². The summed E-state index contributed by atoms with van der Waals surface area (Å²) in [7, 11) is 0. The number of hydrogen-bond acceptors (Lipinski definition) is 8. The van der Waals surface area contributed by atoms with Gasteiger partial charge in [-0.2, -0.15) is 0 Å². The Bertz CT molecular complexity index is 755. The third-order valence-corrected chi connectivity index (χ3v) is 4.03. The lowest BCUT2D eigenvalue weighted by atomic mass is 10.1. The predicted molar refractivity (Wildman–Crippen MR) is 103 cm³/mol. The van der Waals surface area contributed by atoms with Gasteiger partial charge in [0.1, 0.15) is 18.1 Å². The van der Waals surface area contributed by atoms with Crippen LogP contribution in [0.4, 0.5) is 0 Å². The quantitative estimate of drug-likeness (QED) is 0.122. The maximum absolute atomic E-state index is 12.6. The summed E-state index contributed by atoms with van der Waals surface area (Å²) in [5.41, 5.74) is 5.55. The highest BCUT2D eigenvalue weighted by Gasteiger charge is 2.31. The van der Waals surface area contributed by atoms with Gasteiger partial charge in [-0.05, 0) is 19.8 Å². The average molecular weight is 462 g/mol. The Kier molecular flexibility index (Phi) is 11.9. The number of aliphatic carboxylic acids is 4. The summed E-state index contributed by atoms with van der Waals surface area (Å²) in [4.78, 5) is 80.2. The van der Waals surface area contributed by atoms with Crippen molar-refractivity contribution in [3.63, 3.8) is 0 Å². The molecule has 0 rings (SSSR count). The molecule has 9 N–H and O–H groups in total. The van der Waals surface area contributed by atoms with Crippen LogP contribution in [-0.2, 0) is 33.6 Å². The first-order valence-corrected chi connectivity index (χ1v) is 9.29. The molecule has 3 amide bonds. The standard InChI is InChI=1S/C17H26N4O11/c1-7(17(31)32)19-16(30)10(6-13(26)27)21-15(29)9(3-5-12(24)25)20-14(28)8(18)2-4-11(22)23/h7-10H,2-6,18H2,1H3,(H,19,30)(H,20,28)(H,21,29)(H,22,23)(H,24,25)(H,26,27)(H,31,32). The van der Waals surface area contributed by atoms with Crippen LogP contribution >= 0.6 is 0 Å². The molecule has 0 aliphatic heterocycles. The van der Waals surface area contributed by atoms with Crippen molar-refractivity contribution < 1.29 is 54.0 Å². The number of nitrogens with two attached hydrogens (primary N) is 1. The molecule has 4 unspecified atom stereocenters. The molecule has 0 aromatic rings. The van der Waals surface area contributed by atoms with Gasteiger partial charge in [0, 0.05) is 12.8 Å². The van der Waals surface area contributed by atoms with E-state index in [2.05, 4.69) is 5.32 Å². The summed E-state index contributed by atoms with van der Waals surface area (Å²) in [5, 5.41) is 41.5. The Balaban J connectivity index is 5.41. The molecule has 0 saturated heterocycles. The summed E-state index contributed by atoms with van der Waals surface area (Å²) in [5.74, 6) is -8.66. The SMILES string of the molecule is CC(NC(=O)C(CC(=O)O)NC(=O)C(CCC(=O)O)NC(=O)C(N)CCC(=O)O)C(=O)O. The zero-order valence-electron chi connectivity index (χ0n) is 17.1. The molecule has 0 fully saturated rings. The van der Waals surface area contributed by atoms with Crippen LogP contribution in [0.25, 0.3) is 0 Å². The van der Waals surface area contributed by atoms with Crippen LogP contribution in [0.15, 0.2) is 0 Å². The minimum absolute atomic E-state index is 0.272. The summed E-state index contributed by atoms with van der Waals surface area (Å²) in [6, 6.07) is -6.01. The van der Waals surface area contributed by atoms with E-state index in [1.54, 1.807) is 0 Å². The molecular weight excluding hydrogens is 436 g/mol. The van der Waals surface area contributed by atoms with Crippen LogP contribution in [0.2, 0.25) is 0 Å². The number of hydrogen-bond donors (Lipinski definition) is 8. The zero-order valence-corrected chi connectivity index (χ0v) is 17.1. The number of amides is 3. The van der Waals surface area contributed by atoms with E-state index in [-0.39, 0.29) is 6.42 Å². The number of carbonyl (C=O) groups is 7. The summed E-state index contributed by atoms with van der Waals surface area (Å²) >= 11 is 0. The second-order valence-corrected chi connectivity index (χ2v) is 6.76. The Hall–Kier alpha value is -3.75. The van der Waals surface area contributed by atoms with Gasteiger partial charge in [-0.25, -0.2) is 0 Å². The van der Waals surface area contributed by atoms with Crippen molar-refractivity contribution in [1.82, 2.24) is 16.0 Å². The first-order chi connectivity index (χ1) is 14.7. The lowest BCUT2D eigenvalue weighted by Gasteiger charge is -2.23. The van der Waals surface area contributed by atoms with Crippen molar-refractivity contribution >= 4 is 41.6 Å². The summed E-state index contributed by atoms with van der Waals surface area (Å²) in [6.45, 7) is 1.11. The van der Waals surface area contributed by atoms with Gasteiger partial charge in [-0.3, -0.25) is 33.6 Å². The Morgan fingerprint density at radius 3 is 1.62 bits per heavy atom. The van der Waals surface area contributed by atoms with E-state index in [9.17, 15) is 33.6 Å². The van der Waals surface area contributed by atoms with Gasteiger partial charge < -0.3 is 42.1 Å².